The summed E-state index contributed by atoms with van der Waals surface area (Å²) in [6, 6.07) is 8.00. The Balaban J connectivity index is 1.81. The van der Waals surface area contributed by atoms with Crippen LogP contribution in [0.1, 0.15) is 11.1 Å². The summed E-state index contributed by atoms with van der Waals surface area (Å²) in [4.78, 5) is 2.11. The zero-order valence-corrected chi connectivity index (χ0v) is 10.9. The summed E-state index contributed by atoms with van der Waals surface area (Å²) >= 11 is 0. The van der Waals surface area contributed by atoms with Crippen LogP contribution < -0.4 is 0 Å². The van der Waals surface area contributed by atoms with Crippen LogP contribution in [0.4, 0.5) is 0 Å². The molecule has 1 N–H and O–H groups in total. The average molecular weight is 267 g/mol. The van der Waals surface area contributed by atoms with Crippen molar-refractivity contribution in [3.05, 3.63) is 35.4 Å². The lowest BCUT2D eigenvalue weighted by molar-refractivity contribution is 0.0747. The standard InChI is InChI=1S/C13H17NO3S/c15-13-9-18(16,17)8-12(13)14-6-5-10-3-1-2-4-11(10)7-14/h1-4,12-13,15H,5-9H2/t12-,13+/m0/s1. The molecule has 5 heteroatoms. The fraction of sp³-hybridized carbons (Fsp3) is 0.538. The number of hydrogen-bond donors (Lipinski definition) is 1. The van der Waals surface area contributed by atoms with Crippen LogP contribution in [0.15, 0.2) is 24.3 Å². The lowest BCUT2D eigenvalue weighted by Gasteiger charge is -2.34. The fourth-order valence-corrected chi connectivity index (χ4v) is 4.79. The molecule has 1 fully saturated rings. The van der Waals surface area contributed by atoms with Crippen molar-refractivity contribution in [1.29, 1.82) is 0 Å². The molecular formula is C13H17NO3S. The minimum absolute atomic E-state index is 0.0875. The number of aliphatic hydroxyl groups excluding tert-OH is 1. The molecule has 0 amide bonds. The molecule has 4 nitrogen and oxygen atoms in total. The molecule has 18 heavy (non-hydrogen) atoms. The number of sulfone groups is 1. The highest BCUT2D eigenvalue weighted by molar-refractivity contribution is 7.91. The molecule has 0 unspecified atom stereocenters. The van der Waals surface area contributed by atoms with Crippen molar-refractivity contribution in [2.45, 2.75) is 25.1 Å². The molecule has 1 saturated heterocycles. The van der Waals surface area contributed by atoms with E-state index in [4.69, 9.17) is 0 Å². The van der Waals surface area contributed by atoms with Crippen LogP contribution in [0, 0.1) is 0 Å². The largest absolute Gasteiger partial charge is 0.390 e. The third-order valence-electron chi connectivity index (χ3n) is 3.92. The van der Waals surface area contributed by atoms with Crippen LogP contribution in [-0.2, 0) is 22.8 Å². The van der Waals surface area contributed by atoms with Gasteiger partial charge in [0.15, 0.2) is 9.84 Å². The normalized spacial score (nSPS) is 31.2. The van der Waals surface area contributed by atoms with Crippen LogP contribution in [-0.4, -0.2) is 48.6 Å². The lowest BCUT2D eigenvalue weighted by atomic mass is 9.98. The highest BCUT2D eigenvalue weighted by Gasteiger charge is 2.40. The van der Waals surface area contributed by atoms with Gasteiger partial charge in [0.1, 0.15) is 0 Å². The third-order valence-corrected chi connectivity index (χ3v) is 5.62. The molecule has 2 atom stereocenters. The maximum Gasteiger partial charge on any atom is 0.154 e. The number of fused-ring (bicyclic) bond motifs is 1. The Bertz CT molecular complexity index is 555. The molecule has 1 aromatic carbocycles. The predicted octanol–water partition coefficient (Wildman–Crippen LogP) is 0.203. The summed E-state index contributed by atoms with van der Waals surface area (Å²) in [5.74, 6) is 0.00610. The predicted molar refractivity (Wildman–Crippen MR) is 69.0 cm³/mol. The van der Waals surface area contributed by atoms with Gasteiger partial charge in [-0.2, -0.15) is 0 Å². The zero-order valence-electron chi connectivity index (χ0n) is 10.1. The molecule has 2 aliphatic heterocycles. The number of benzene rings is 1. The van der Waals surface area contributed by atoms with Gasteiger partial charge in [0.25, 0.3) is 0 Å². The molecular weight excluding hydrogens is 250 g/mol. The molecule has 2 heterocycles. The van der Waals surface area contributed by atoms with Gasteiger partial charge in [0.05, 0.1) is 23.7 Å². The Morgan fingerprint density at radius 2 is 1.89 bits per heavy atom. The number of nitrogens with zero attached hydrogens (tertiary/aromatic N) is 1. The van der Waals surface area contributed by atoms with E-state index in [0.717, 1.165) is 19.5 Å². The Morgan fingerprint density at radius 3 is 2.56 bits per heavy atom. The summed E-state index contributed by atoms with van der Waals surface area (Å²) in [6.07, 6.45) is 0.194. The molecule has 0 bridgehead atoms. The first-order valence-corrected chi connectivity index (χ1v) is 8.07. The van der Waals surface area contributed by atoms with Crippen LogP contribution in [0.5, 0.6) is 0 Å². The Morgan fingerprint density at radius 1 is 1.17 bits per heavy atom. The summed E-state index contributed by atoms with van der Waals surface area (Å²) in [6.45, 7) is 1.57. The van der Waals surface area contributed by atoms with Gasteiger partial charge in [-0.25, -0.2) is 8.42 Å². The number of rotatable bonds is 1. The molecule has 0 radical (unpaired) electrons. The first-order chi connectivity index (χ1) is 8.55. The van der Waals surface area contributed by atoms with Crippen LogP contribution >= 0.6 is 0 Å². The first kappa shape index (κ1) is 12.1. The van der Waals surface area contributed by atoms with Crippen LogP contribution in [0.2, 0.25) is 0 Å². The van der Waals surface area contributed by atoms with Crippen molar-refractivity contribution in [1.82, 2.24) is 4.90 Å². The van der Waals surface area contributed by atoms with E-state index < -0.39 is 15.9 Å². The van der Waals surface area contributed by atoms with E-state index in [-0.39, 0.29) is 17.5 Å². The minimum atomic E-state index is -3.06. The van der Waals surface area contributed by atoms with E-state index in [1.54, 1.807) is 0 Å². The molecule has 98 valence electrons. The van der Waals surface area contributed by atoms with Gasteiger partial charge in [-0.15, -0.1) is 0 Å². The SMILES string of the molecule is O=S1(=O)C[C@@H](O)[C@@H](N2CCc3ccccc3C2)C1. The fourth-order valence-electron chi connectivity index (χ4n) is 2.96. The van der Waals surface area contributed by atoms with E-state index in [9.17, 15) is 13.5 Å². The molecule has 0 aromatic heterocycles. The first-order valence-electron chi connectivity index (χ1n) is 6.24. The summed E-state index contributed by atoms with van der Waals surface area (Å²) in [5.41, 5.74) is 2.59. The second kappa shape index (κ2) is 4.33. The van der Waals surface area contributed by atoms with Crippen molar-refractivity contribution in [2.24, 2.45) is 0 Å². The minimum Gasteiger partial charge on any atom is -0.390 e. The van der Waals surface area contributed by atoms with Crippen molar-refractivity contribution < 1.29 is 13.5 Å². The van der Waals surface area contributed by atoms with Gasteiger partial charge >= 0.3 is 0 Å². The van der Waals surface area contributed by atoms with Crippen molar-refractivity contribution in [3.8, 4) is 0 Å². The highest BCUT2D eigenvalue weighted by atomic mass is 32.2. The van der Waals surface area contributed by atoms with Crippen molar-refractivity contribution in [2.75, 3.05) is 18.1 Å². The molecule has 2 aliphatic rings. The van der Waals surface area contributed by atoms with E-state index in [1.807, 2.05) is 12.1 Å². The summed E-state index contributed by atoms with van der Waals surface area (Å²) in [5, 5.41) is 9.90. The maximum absolute atomic E-state index is 11.6. The van der Waals surface area contributed by atoms with Gasteiger partial charge in [0, 0.05) is 13.1 Å². The Hall–Kier alpha value is -0.910. The maximum atomic E-state index is 11.6. The van der Waals surface area contributed by atoms with E-state index in [0.29, 0.717) is 0 Å². The van der Waals surface area contributed by atoms with E-state index in [1.165, 1.54) is 11.1 Å². The van der Waals surface area contributed by atoms with Gasteiger partial charge in [0.2, 0.25) is 0 Å². The summed E-state index contributed by atoms with van der Waals surface area (Å²) in [7, 11) is -3.06. The van der Waals surface area contributed by atoms with E-state index in [2.05, 4.69) is 17.0 Å². The quantitative estimate of drug-likeness (QED) is 0.790. The highest BCUT2D eigenvalue weighted by Crippen LogP contribution is 2.25. The number of aliphatic hydroxyl groups is 1. The molecule has 0 aliphatic carbocycles. The van der Waals surface area contributed by atoms with Gasteiger partial charge in [-0.1, -0.05) is 24.3 Å². The molecule has 1 aromatic rings. The van der Waals surface area contributed by atoms with E-state index >= 15 is 0 Å². The number of hydrogen-bond acceptors (Lipinski definition) is 4. The average Bonchev–Trinajstić information content (AvgIpc) is 2.62. The molecule has 0 saturated carbocycles. The van der Waals surface area contributed by atoms with Crippen molar-refractivity contribution in [3.63, 3.8) is 0 Å². The Labute approximate surface area is 107 Å². The van der Waals surface area contributed by atoms with Gasteiger partial charge < -0.3 is 5.11 Å². The topological polar surface area (TPSA) is 57.6 Å². The third kappa shape index (κ3) is 2.18. The monoisotopic (exact) mass is 267 g/mol. The second-order valence-corrected chi connectivity index (χ2v) is 7.35. The van der Waals surface area contributed by atoms with Crippen LogP contribution in [0.3, 0.4) is 0 Å². The zero-order chi connectivity index (χ0) is 12.8. The summed E-state index contributed by atoms with van der Waals surface area (Å²) < 4.78 is 23.1. The van der Waals surface area contributed by atoms with Gasteiger partial charge in [-0.3, -0.25) is 4.90 Å². The smallest absolute Gasteiger partial charge is 0.154 e. The Kier molecular flexibility index (Phi) is 2.92. The molecule has 0 spiro atoms. The second-order valence-electron chi connectivity index (χ2n) is 5.20. The van der Waals surface area contributed by atoms with Gasteiger partial charge in [-0.05, 0) is 17.5 Å². The van der Waals surface area contributed by atoms with Crippen molar-refractivity contribution >= 4 is 9.84 Å². The molecule has 3 rings (SSSR count). The lowest BCUT2D eigenvalue weighted by Crippen LogP contribution is -2.45. The van der Waals surface area contributed by atoms with Crippen LogP contribution in [0.25, 0.3) is 0 Å².